The summed E-state index contributed by atoms with van der Waals surface area (Å²) in [5.74, 6) is 1.77. The molecule has 1 N–H and O–H groups in total. The highest BCUT2D eigenvalue weighted by atomic mass is 32.2. The van der Waals surface area contributed by atoms with Gasteiger partial charge in [-0.3, -0.25) is 0 Å². The van der Waals surface area contributed by atoms with E-state index < -0.39 is 22.4 Å². The van der Waals surface area contributed by atoms with Crippen molar-refractivity contribution in [1.29, 1.82) is 0 Å². The van der Waals surface area contributed by atoms with Gasteiger partial charge in [0, 0.05) is 18.7 Å². The second-order valence-electron chi connectivity index (χ2n) is 15.3. The lowest BCUT2D eigenvalue weighted by Crippen LogP contribution is -2.60. The highest BCUT2D eigenvalue weighted by Gasteiger charge is 2.50. The largest absolute Gasteiger partial charge is 0.390 e. The first-order chi connectivity index (χ1) is 19.1. The van der Waals surface area contributed by atoms with Crippen LogP contribution in [0, 0.1) is 0 Å². The Bertz CT molecular complexity index is 775. The summed E-state index contributed by atoms with van der Waals surface area (Å²) in [4.78, 5) is 0. The molecule has 0 atom stereocenters. The van der Waals surface area contributed by atoms with Crippen LogP contribution < -0.4 is 5.32 Å². The lowest BCUT2D eigenvalue weighted by atomic mass is 10.0. The summed E-state index contributed by atoms with van der Waals surface area (Å²) in [6, 6.07) is 10.8. The third kappa shape index (κ3) is 15.4. The van der Waals surface area contributed by atoms with Crippen molar-refractivity contribution in [2.75, 3.05) is 18.8 Å². The molecule has 41 heavy (non-hydrogen) atoms. The summed E-state index contributed by atoms with van der Waals surface area (Å²) in [6.45, 7) is 27.8. The molecule has 0 radical (unpaired) electrons. The Labute approximate surface area is 263 Å². The molecule has 0 saturated carbocycles. The van der Waals surface area contributed by atoms with Gasteiger partial charge in [0.1, 0.15) is 0 Å². The Morgan fingerprint density at radius 1 is 0.683 bits per heavy atom. The molecule has 0 aliphatic carbocycles. The molecule has 0 bridgehead atoms. The van der Waals surface area contributed by atoms with Crippen molar-refractivity contribution in [2.24, 2.45) is 0 Å². The molecule has 6 heteroatoms. The van der Waals surface area contributed by atoms with Crippen molar-refractivity contribution in [1.82, 2.24) is 5.32 Å². The van der Waals surface area contributed by atoms with Crippen LogP contribution in [-0.2, 0) is 14.6 Å². The van der Waals surface area contributed by atoms with Gasteiger partial charge in [0.15, 0.2) is 22.4 Å². The van der Waals surface area contributed by atoms with Gasteiger partial charge in [-0.15, -0.1) is 0 Å². The predicted molar refractivity (Wildman–Crippen MR) is 191 cm³/mol. The van der Waals surface area contributed by atoms with Crippen LogP contribution in [0.25, 0.3) is 0 Å². The van der Waals surface area contributed by atoms with E-state index in [1.165, 1.54) is 75.5 Å². The van der Waals surface area contributed by atoms with Gasteiger partial charge in [-0.05, 0) is 73.4 Å². The first-order valence-corrected chi connectivity index (χ1v) is 23.8. The topological polar surface area (TPSA) is 30.5 Å². The van der Waals surface area contributed by atoms with Crippen molar-refractivity contribution in [3.63, 3.8) is 0 Å². The molecular formula is C35H69NO2SSi2. The minimum atomic E-state index is -2.05. The lowest BCUT2D eigenvalue weighted by Gasteiger charge is -2.51. The SMILES string of the molecule is CCCCCCCCCCC(CNCCCCSCc1ccccc1)(O[Si](C)(C)C(C)(C)C)O[Si](C)(C)C(C)(C)C. The predicted octanol–water partition coefficient (Wildman–Crippen LogP) is 11.6. The fourth-order valence-electron chi connectivity index (χ4n) is 4.55. The van der Waals surface area contributed by atoms with E-state index in [1.807, 2.05) is 11.8 Å². The number of benzene rings is 1. The van der Waals surface area contributed by atoms with E-state index in [-0.39, 0.29) is 10.1 Å². The first-order valence-electron chi connectivity index (χ1n) is 16.8. The molecule has 0 spiro atoms. The number of rotatable bonds is 22. The molecule has 1 aromatic rings. The van der Waals surface area contributed by atoms with Gasteiger partial charge < -0.3 is 14.2 Å². The first kappa shape index (κ1) is 38.9. The summed E-state index contributed by atoms with van der Waals surface area (Å²) in [5, 5.41) is 4.13. The zero-order chi connectivity index (χ0) is 31.0. The van der Waals surface area contributed by atoms with Gasteiger partial charge in [-0.25, -0.2) is 0 Å². The van der Waals surface area contributed by atoms with Crippen molar-refractivity contribution >= 4 is 28.4 Å². The normalized spacial score (nSPS) is 13.6. The summed E-state index contributed by atoms with van der Waals surface area (Å²) in [7, 11) is -4.11. The van der Waals surface area contributed by atoms with Crippen LogP contribution >= 0.6 is 11.8 Å². The van der Waals surface area contributed by atoms with E-state index in [0.717, 1.165) is 25.3 Å². The highest BCUT2D eigenvalue weighted by Crippen LogP contribution is 2.45. The fourth-order valence-corrected chi connectivity index (χ4v) is 8.51. The molecular weight excluding hydrogens is 555 g/mol. The minimum absolute atomic E-state index is 0.143. The highest BCUT2D eigenvalue weighted by molar-refractivity contribution is 7.98. The molecule has 0 saturated heterocycles. The maximum Gasteiger partial charge on any atom is 0.195 e. The smallest absolute Gasteiger partial charge is 0.195 e. The minimum Gasteiger partial charge on any atom is -0.390 e. The maximum atomic E-state index is 7.36. The third-order valence-corrected chi connectivity index (χ3v) is 19.4. The molecule has 1 aromatic carbocycles. The van der Waals surface area contributed by atoms with E-state index in [2.05, 4.69) is 110 Å². The van der Waals surface area contributed by atoms with E-state index in [1.54, 1.807) is 0 Å². The Kier molecular flexibility index (Phi) is 17.7. The van der Waals surface area contributed by atoms with Crippen molar-refractivity contribution < 1.29 is 8.85 Å². The van der Waals surface area contributed by atoms with Crippen molar-refractivity contribution in [3.05, 3.63) is 35.9 Å². The summed E-state index contributed by atoms with van der Waals surface area (Å²) < 4.78 is 14.7. The fraction of sp³-hybridized carbons (Fsp3) is 0.829. The molecule has 0 heterocycles. The summed E-state index contributed by atoms with van der Waals surface area (Å²) in [6.07, 6.45) is 14.0. The van der Waals surface area contributed by atoms with Gasteiger partial charge in [0.05, 0.1) is 0 Å². The van der Waals surface area contributed by atoms with Crippen LogP contribution in [0.3, 0.4) is 0 Å². The summed E-state index contributed by atoms with van der Waals surface area (Å²) >= 11 is 2.05. The Balaban J connectivity index is 2.87. The van der Waals surface area contributed by atoms with Gasteiger partial charge in [-0.2, -0.15) is 11.8 Å². The zero-order valence-electron chi connectivity index (χ0n) is 29.2. The quantitative estimate of drug-likeness (QED) is 0.0790. The van der Waals surface area contributed by atoms with Crippen LogP contribution in [0.1, 0.15) is 125 Å². The molecule has 240 valence electrons. The molecule has 0 aromatic heterocycles. The van der Waals surface area contributed by atoms with Crippen LogP contribution in [0.2, 0.25) is 36.3 Å². The maximum absolute atomic E-state index is 7.36. The van der Waals surface area contributed by atoms with E-state index in [9.17, 15) is 0 Å². The summed E-state index contributed by atoms with van der Waals surface area (Å²) in [5.41, 5.74) is 1.42. The monoisotopic (exact) mass is 623 g/mol. The van der Waals surface area contributed by atoms with Crippen molar-refractivity contribution in [2.45, 2.75) is 167 Å². The second kappa shape index (κ2) is 18.6. The van der Waals surface area contributed by atoms with Crippen LogP contribution in [0.5, 0.6) is 0 Å². The Morgan fingerprint density at radius 3 is 1.71 bits per heavy atom. The van der Waals surface area contributed by atoms with Crippen LogP contribution in [0.4, 0.5) is 0 Å². The van der Waals surface area contributed by atoms with Crippen LogP contribution in [0.15, 0.2) is 30.3 Å². The third-order valence-electron chi connectivity index (χ3n) is 9.30. The Hall–Kier alpha value is -0.116. The molecule has 0 fully saturated rings. The molecule has 3 nitrogen and oxygen atoms in total. The number of thioether (sulfide) groups is 1. The number of nitrogens with one attached hydrogen (secondary N) is 1. The number of hydrogen-bond acceptors (Lipinski definition) is 4. The van der Waals surface area contributed by atoms with Gasteiger partial charge in [0.25, 0.3) is 0 Å². The average Bonchev–Trinajstić information content (AvgIpc) is 2.86. The lowest BCUT2D eigenvalue weighted by molar-refractivity contribution is -0.137. The number of hydrogen-bond donors (Lipinski definition) is 1. The molecule has 0 amide bonds. The second-order valence-corrected chi connectivity index (χ2v) is 25.8. The molecule has 1 rings (SSSR count). The molecule has 0 aliphatic heterocycles. The van der Waals surface area contributed by atoms with Gasteiger partial charge >= 0.3 is 0 Å². The standard InChI is InChI=1S/C35H69NO2SSi2/c1-12-13-14-15-16-17-18-22-27-35(37-40(8,9)33(2,3)4,38-41(10,11)34(5,6)7)31-36-28-23-24-29-39-30-32-25-20-19-21-26-32/h19-21,25-26,36H,12-18,22-24,27-31H2,1-11H3. The average molecular weight is 624 g/mol. The van der Waals surface area contributed by atoms with Gasteiger partial charge in [0.2, 0.25) is 0 Å². The molecule has 0 unspecified atom stereocenters. The van der Waals surface area contributed by atoms with Crippen molar-refractivity contribution in [3.8, 4) is 0 Å². The number of unbranched alkanes of at least 4 members (excludes halogenated alkanes) is 8. The van der Waals surface area contributed by atoms with E-state index >= 15 is 0 Å². The van der Waals surface area contributed by atoms with E-state index in [0.29, 0.717) is 0 Å². The molecule has 0 aliphatic rings. The van der Waals surface area contributed by atoms with E-state index in [4.69, 9.17) is 8.85 Å². The Morgan fingerprint density at radius 2 is 1.20 bits per heavy atom. The van der Waals surface area contributed by atoms with Gasteiger partial charge in [-0.1, -0.05) is 124 Å². The van der Waals surface area contributed by atoms with Crippen LogP contribution in [-0.4, -0.2) is 41.3 Å². The zero-order valence-corrected chi connectivity index (χ0v) is 32.0.